The van der Waals surface area contributed by atoms with E-state index < -0.39 is 34.8 Å². The fourth-order valence-electron chi connectivity index (χ4n) is 5.07. The number of halogens is 4. The number of fused-ring (bicyclic) bond motifs is 1. The van der Waals surface area contributed by atoms with E-state index >= 15 is 4.39 Å². The number of pyridine rings is 1. The Balaban J connectivity index is 1.33. The lowest BCUT2D eigenvalue weighted by molar-refractivity contribution is 0.0264. The Labute approximate surface area is 214 Å². The Kier molecular flexibility index (Phi) is 8.54. The van der Waals surface area contributed by atoms with Crippen LogP contribution in [0.4, 0.5) is 17.6 Å². The van der Waals surface area contributed by atoms with Gasteiger partial charge in [-0.05, 0) is 80.4 Å². The van der Waals surface area contributed by atoms with Crippen molar-refractivity contribution in [3.63, 3.8) is 0 Å². The summed E-state index contributed by atoms with van der Waals surface area (Å²) in [5.74, 6) is -3.22. The number of methoxy groups -OCH3 is 1. The summed E-state index contributed by atoms with van der Waals surface area (Å²) in [5, 5.41) is 10.9. The third kappa shape index (κ3) is 6.15. The molecule has 0 radical (unpaired) electrons. The van der Waals surface area contributed by atoms with Crippen molar-refractivity contribution in [2.24, 2.45) is 5.41 Å². The van der Waals surface area contributed by atoms with Crippen molar-refractivity contribution in [1.29, 1.82) is 0 Å². The van der Waals surface area contributed by atoms with Gasteiger partial charge in [-0.15, -0.1) is 0 Å². The van der Waals surface area contributed by atoms with Crippen LogP contribution in [-0.2, 0) is 0 Å². The number of aliphatic hydroxyl groups is 1. The standard InChI is InChI=1S/C28H32F4N2O3/c1-18-16-33-24-4-3-20(36-2)15-21(24)26(18)22(30)5-6-28(17-35)7-9-34(10-8-28)11-12-37-25-14-19(29)13-23(31)27(25)32/h3-4,13-16,22,35H,5-12,17H2,1-2H3/t22-/m1/s1. The molecule has 1 aliphatic heterocycles. The lowest BCUT2D eigenvalue weighted by Gasteiger charge is -2.41. The molecule has 5 nitrogen and oxygen atoms in total. The van der Waals surface area contributed by atoms with Gasteiger partial charge >= 0.3 is 0 Å². The predicted octanol–water partition coefficient (Wildman–Crippen LogP) is 5.91. The highest BCUT2D eigenvalue weighted by Gasteiger charge is 2.35. The van der Waals surface area contributed by atoms with E-state index in [2.05, 4.69) is 9.88 Å². The van der Waals surface area contributed by atoms with Gasteiger partial charge < -0.3 is 14.6 Å². The highest BCUT2D eigenvalue weighted by atomic mass is 19.2. The molecule has 0 unspecified atom stereocenters. The summed E-state index contributed by atoms with van der Waals surface area (Å²) in [5.41, 5.74) is 1.69. The van der Waals surface area contributed by atoms with Gasteiger partial charge in [-0.3, -0.25) is 9.88 Å². The molecule has 37 heavy (non-hydrogen) atoms. The molecule has 0 aliphatic carbocycles. The number of piperidine rings is 1. The number of rotatable bonds is 10. The summed E-state index contributed by atoms with van der Waals surface area (Å²) >= 11 is 0. The van der Waals surface area contributed by atoms with Gasteiger partial charge in [0.05, 0.1) is 12.6 Å². The quantitative estimate of drug-likeness (QED) is 0.266. The van der Waals surface area contributed by atoms with Crippen LogP contribution in [0, 0.1) is 29.8 Å². The van der Waals surface area contributed by atoms with Crippen molar-refractivity contribution >= 4 is 10.9 Å². The summed E-state index contributed by atoms with van der Waals surface area (Å²) in [4.78, 5) is 6.49. The molecule has 0 amide bonds. The summed E-state index contributed by atoms with van der Waals surface area (Å²) < 4.78 is 66.7. The van der Waals surface area contributed by atoms with Gasteiger partial charge in [0.2, 0.25) is 5.82 Å². The zero-order valence-electron chi connectivity index (χ0n) is 21.1. The minimum Gasteiger partial charge on any atom is -0.497 e. The number of benzene rings is 2. The maximum atomic E-state index is 15.7. The fraction of sp³-hybridized carbons (Fsp3) is 0.464. The smallest absolute Gasteiger partial charge is 0.200 e. The second-order valence-electron chi connectivity index (χ2n) is 9.79. The number of hydrogen-bond donors (Lipinski definition) is 1. The predicted molar refractivity (Wildman–Crippen MR) is 133 cm³/mol. The van der Waals surface area contributed by atoms with Gasteiger partial charge in [-0.2, -0.15) is 4.39 Å². The zero-order valence-corrected chi connectivity index (χ0v) is 21.1. The fourth-order valence-corrected chi connectivity index (χ4v) is 5.07. The number of aliphatic hydroxyl groups excluding tert-OH is 1. The van der Waals surface area contributed by atoms with E-state index in [9.17, 15) is 18.3 Å². The SMILES string of the molecule is COc1ccc2ncc(C)c([C@H](F)CCC3(CO)CCN(CCOc4cc(F)cc(F)c4F)CC3)c2c1. The molecule has 1 N–H and O–H groups in total. The second-order valence-corrected chi connectivity index (χ2v) is 9.79. The lowest BCUT2D eigenvalue weighted by atomic mass is 9.74. The third-order valence-electron chi connectivity index (χ3n) is 7.43. The molecule has 1 atom stereocenters. The van der Waals surface area contributed by atoms with E-state index in [0.29, 0.717) is 61.8 Å². The Morgan fingerprint density at radius 1 is 1.14 bits per heavy atom. The van der Waals surface area contributed by atoms with E-state index in [1.165, 1.54) is 0 Å². The molecule has 3 aromatic rings. The van der Waals surface area contributed by atoms with Crippen LogP contribution in [0.3, 0.4) is 0 Å². The largest absolute Gasteiger partial charge is 0.497 e. The Morgan fingerprint density at radius 2 is 1.89 bits per heavy atom. The van der Waals surface area contributed by atoms with Crippen molar-refractivity contribution in [2.45, 2.75) is 38.8 Å². The summed E-state index contributed by atoms with van der Waals surface area (Å²) in [6.07, 6.45) is 2.60. The third-order valence-corrected chi connectivity index (χ3v) is 7.43. The Hall–Kier alpha value is -2.91. The molecule has 1 saturated heterocycles. The van der Waals surface area contributed by atoms with Crippen molar-refractivity contribution in [3.8, 4) is 11.5 Å². The van der Waals surface area contributed by atoms with Crippen LogP contribution in [0.15, 0.2) is 36.5 Å². The van der Waals surface area contributed by atoms with Gasteiger partial charge in [-0.25, -0.2) is 13.2 Å². The van der Waals surface area contributed by atoms with Crippen LogP contribution in [-0.4, -0.2) is 54.9 Å². The molecular formula is C28H32F4N2O3. The van der Waals surface area contributed by atoms with Gasteiger partial charge in [0.15, 0.2) is 11.6 Å². The highest BCUT2D eigenvalue weighted by molar-refractivity contribution is 5.84. The number of ether oxygens (including phenoxy) is 2. The molecule has 1 fully saturated rings. The normalized spacial score (nSPS) is 16.6. The first-order valence-corrected chi connectivity index (χ1v) is 12.4. The molecule has 4 rings (SSSR count). The molecule has 200 valence electrons. The average molecular weight is 521 g/mol. The lowest BCUT2D eigenvalue weighted by Crippen LogP contribution is -2.43. The van der Waals surface area contributed by atoms with Crippen LogP contribution >= 0.6 is 0 Å². The zero-order chi connectivity index (χ0) is 26.6. The molecular weight excluding hydrogens is 488 g/mol. The Morgan fingerprint density at radius 3 is 2.59 bits per heavy atom. The van der Waals surface area contributed by atoms with Crippen LogP contribution in [0.2, 0.25) is 0 Å². The number of likely N-dealkylation sites (tertiary alicyclic amines) is 1. The monoisotopic (exact) mass is 520 g/mol. The number of aryl methyl sites for hydroxylation is 1. The van der Waals surface area contributed by atoms with Crippen LogP contribution in [0.25, 0.3) is 10.9 Å². The van der Waals surface area contributed by atoms with Gasteiger partial charge in [0.25, 0.3) is 0 Å². The van der Waals surface area contributed by atoms with Crippen molar-refractivity contribution in [2.75, 3.05) is 40.0 Å². The molecule has 9 heteroatoms. The van der Waals surface area contributed by atoms with E-state index in [0.717, 1.165) is 17.0 Å². The van der Waals surface area contributed by atoms with Gasteiger partial charge in [0, 0.05) is 36.9 Å². The maximum Gasteiger partial charge on any atom is 0.200 e. The van der Waals surface area contributed by atoms with E-state index in [1.807, 2.05) is 19.1 Å². The summed E-state index contributed by atoms with van der Waals surface area (Å²) in [6, 6.07) is 6.72. The van der Waals surface area contributed by atoms with E-state index in [-0.39, 0.29) is 19.6 Å². The minimum absolute atomic E-state index is 0.0399. The van der Waals surface area contributed by atoms with Crippen LogP contribution in [0.5, 0.6) is 11.5 Å². The number of aromatic nitrogens is 1. The van der Waals surface area contributed by atoms with E-state index in [4.69, 9.17) is 9.47 Å². The molecule has 2 aromatic carbocycles. The van der Waals surface area contributed by atoms with Crippen molar-refractivity contribution in [3.05, 3.63) is 65.1 Å². The molecule has 0 bridgehead atoms. The van der Waals surface area contributed by atoms with Crippen molar-refractivity contribution in [1.82, 2.24) is 9.88 Å². The maximum absolute atomic E-state index is 15.7. The molecule has 1 aromatic heterocycles. The molecule has 1 aliphatic rings. The summed E-state index contributed by atoms with van der Waals surface area (Å²) in [7, 11) is 1.57. The Bertz CT molecular complexity index is 1230. The van der Waals surface area contributed by atoms with Crippen LogP contribution in [0.1, 0.15) is 43.0 Å². The van der Waals surface area contributed by atoms with Gasteiger partial charge in [-0.1, -0.05) is 0 Å². The molecule has 0 saturated carbocycles. The minimum atomic E-state index is -1.29. The first-order valence-electron chi connectivity index (χ1n) is 12.4. The second kappa shape index (κ2) is 11.6. The first kappa shape index (κ1) is 27.1. The topological polar surface area (TPSA) is 54.8 Å². The highest BCUT2D eigenvalue weighted by Crippen LogP contribution is 2.41. The van der Waals surface area contributed by atoms with Gasteiger partial charge in [0.1, 0.15) is 24.3 Å². The number of alkyl halides is 1. The van der Waals surface area contributed by atoms with E-state index in [1.54, 1.807) is 19.4 Å². The van der Waals surface area contributed by atoms with Crippen LogP contribution < -0.4 is 9.47 Å². The first-order chi connectivity index (χ1) is 17.7. The number of nitrogens with zero attached hydrogens (tertiary/aromatic N) is 2. The number of hydrogen-bond acceptors (Lipinski definition) is 5. The van der Waals surface area contributed by atoms with Crippen molar-refractivity contribution < 1.29 is 32.1 Å². The summed E-state index contributed by atoms with van der Waals surface area (Å²) in [6.45, 7) is 3.61. The molecule has 0 spiro atoms. The molecule has 2 heterocycles. The average Bonchev–Trinajstić information content (AvgIpc) is 2.90.